The lowest BCUT2D eigenvalue weighted by Gasteiger charge is -2.34. The number of urea groups is 1. The molecule has 2 aromatic rings. The minimum Gasteiger partial charge on any atom is -0.328 e. The lowest BCUT2D eigenvalue weighted by molar-refractivity contribution is 0.164. The normalized spacial score (nSPS) is 20.4. The van der Waals surface area contributed by atoms with Crippen LogP contribution in [-0.2, 0) is 13.0 Å². The van der Waals surface area contributed by atoms with Crippen molar-refractivity contribution in [1.29, 1.82) is 0 Å². The van der Waals surface area contributed by atoms with Gasteiger partial charge in [0.25, 0.3) is 0 Å². The summed E-state index contributed by atoms with van der Waals surface area (Å²) in [6.07, 6.45) is 5.42. The van der Waals surface area contributed by atoms with Crippen molar-refractivity contribution in [2.45, 2.75) is 44.7 Å². The number of nitrogens with one attached hydrogen (secondary N) is 1. The van der Waals surface area contributed by atoms with Gasteiger partial charge in [0.15, 0.2) is 0 Å². The maximum Gasteiger partial charge on any atom is 0.317 e. The van der Waals surface area contributed by atoms with Crippen LogP contribution in [-0.4, -0.2) is 38.8 Å². The highest BCUT2D eigenvalue weighted by molar-refractivity contribution is 5.74. The molecule has 1 unspecified atom stereocenters. The first-order valence-electron chi connectivity index (χ1n) is 9.47. The smallest absolute Gasteiger partial charge is 0.317 e. The lowest BCUT2D eigenvalue weighted by Crippen LogP contribution is -2.46. The van der Waals surface area contributed by atoms with Gasteiger partial charge in [0.05, 0.1) is 6.04 Å². The minimum absolute atomic E-state index is 0.0909. The van der Waals surface area contributed by atoms with Crippen molar-refractivity contribution in [3.63, 3.8) is 0 Å². The quantitative estimate of drug-likeness (QED) is 0.897. The van der Waals surface area contributed by atoms with E-state index in [-0.39, 0.29) is 23.8 Å². The Balaban J connectivity index is 1.30. The average molecular weight is 375 g/mol. The topological polar surface area (TPSA) is 63.1 Å². The van der Waals surface area contributed by atoms with Crippen molar-refractivity contribution in [2.75, 3.05) is 13.1 Å². The number of aromatic nitrogens is 3. The predicted octanol–water partition coefficient (Wildman–Crippen LogP) is 3.06. The highest BCUT2D eigenvalue weighted by atomic mass is 19.1. The second-order valence-corrected chi connectivity index (χ2v) is 7.36. The number of benzene rings is 1. The van der Waals surface area contributed by atoms with Crippen LogP contribution in [0.1, 0.15) is 43.1 Å². The molecule has 2 aliphatic rings. The lowest BCUT2D eigenvalue weighted by atomic mass is 9.90. The molecule has 1 aromatic heterocycles. The molecule has 2 aliphatic heterocycles. The van der Waals surface area contributed by atoms with Crippen LogP contribution in [0.25, 0.3) is 0 Å². The first kappa shape index (κ1) is 17.9. The maximum absolute atomic E-state index is 13.8. The van der Waals surface area contributed by atoms with E-state index in [1.807, 2.05) is 4.68 Å². The van der Waals surface area contributed by atoms with Crippen LogP contribution in [0.4, 0.5) is 13.6 Å². The van der Waals surface area contributed by atoms with Crippen molar-refractivity contribution in [3.8, 4) is 0 Å². The Labute approximate surface area is 156 Å². The summed E-state index contributed by atoms with van der Waals surface area (Å²) in [4.78, 5) is 18.7. The minimum atomic E-state index is -0.413. The zero-order valence-electron chi connectivity index (χ0n) is 15.1. The molecule has 1 saturated heterocycles. The third-order valence-corrected chi connectivity index (χ3v) is 5.54. The summed E-state index contributed by atoms with van der Waals surface area (Å²) < 4.78 is 29.0. The molecule has 0 aliphatic carbocycles. The van der Waals surface area contributed by atoms with Crippen LogP contribution >= 0.6 is 0 Å². The number of hydrogen-bond donors (Lipinski definition) is 1. The first-order valence-corrected chi connectivity index (χ1v) is 9.47. The van der Waals surface area contributed by atoms with E-state index in [4.69, 9.17) is 0 Å². The molecule has 4 rings (SSSR count). The number of hydrogen-bond acceptors (Lipinski definition) is 3. The molecule has 1 fully saturated rings. The van der Waals surface area contributed by atoms with Crippen LogP contribution in [0, 0.1) is 17.6 Å². The number of nitrogens with zero attached hydrogens (tertiary/aromatic N) is 4. The molecular formula is C19H23F2N5O. The third-order valence-electron chi connectivity index (χ3n) is 5.54. The van der Waals surface area contributed by atoms with Gasteiger partial charge in [-0.15, -0.1) is 0 Å². The van der Waals surface area contributed by atoms with Gasteiger partial charge in [-0.2, -0.15) is 5.10 Å². The van der Waals surface area contributed by atoms with Gasteiger partial charge in [0.2, 0.25) is 0 Å². The van der Waals surface area contributed by atoms with Crippen LogP contribution in [0.2, 0.25) is 0 Å². The van der Waals surface area contributed by atoms with Gasteiger partial charge in [-0.3, -0.25) is 0 Å². The van der Waals surface area contributed by atoms with E-state index in [1.54, 1.807) is 4.90 Å². The SMILES string of the molecule is O=C(NC1CCCn2ncnc21)N1CCC(Cc2cc(F)ccc2F)CC1. The predicted molar refractivity (Wildman–Crippen MR) is 94.9 cm³/mol. The number of fused-ring (bicyclic) bond motifs is 1. The molecule has 1 atom stereocenters. The standard InChI is InChI=1S/C19H23F2N5O/c20-15-3-4-16(21)14(11-15)10-13-5-8-25(9-6-13)19(27)24-17-2-1-7-26-18(17)22-12-23-26/h3-4,11-13,17H,1-2,5-10H2,(H,24,27). The highest BCUT2D eigenvalue weighted by Crippen LogP contribution is 2.25. The molecule has 0 radical (unpaired) electrons. The van der Waals surface area contributed by atoms with E-state index in [9.17, 15) is 13.6 Å². The number of halogens is 2. The molecule has 0 bridgehead atoms. The van der Waals surface area contributed by atoms with Gasteiger partial charge in [-0.1, -0.05) is 0 Å². The Kier molecular flexibility index (Phi) is 5.05. The molecule has 0 spiro atoms. The number of amides is 2. The molecule has 1 aromatic carbocycles. The van der Waals surface area contributed by atoms with Gasteiger partial charge >= 0.3 is 6.03 Å². The van der Waals surface area contributed by atoms with E-state index in [1.165, 1.54) is 18.5 Å². The summed E-state index contributed by atoms with van der Waals surface area (Å²) >= 11 is 0. The molecule has 1 N–H and O–H groups in total. The van der Waals surface area contributed by atoms with Crippen molar-refractivity contribution >= 4 is 6.03 Å². The molecule has 0 saturated carbocycles. The molecular weight excluding hydrogens is 352 g/mol. The van der Waals surface area contributed by atoms with Crippen molar-refractivity contribution in [1.82, 2.24) is 25.0 Å². The zero-order valence-corrected chi connectivity index (χ0v) is 15.1. The van der Waals surface area contributed by atoms with Gasteiger partial charge in [-0.25, -0.2) is 23.2 Å². The van der Waals surface area contributed by atoms with Crippen LogP contribution < -0.4 is 5.32 Å². The number of rotatable bonds is 3. The molecule has 8 heteroatoms. The molecule has 2 amide bonds. The summed E-state index contributed by atoms with van der Waals surface area (Å²) in [6.45, 7) is 2.07. The summed E-state index contributed by atoms with van der Waals surface area (Å²) in [7, 11) is 0. The molecule has 6 nitrogen and oxygen atoms in total. The van der Waals surface area contributed by atoms with Gasteiger partial charge in [-0.05, 0) is 61.8 Å². The van der Waals surface area contributed by atoms with E-state index >= 15 is 0 Å². The van der Waals surface area contributed by atoms with Crippen LogP contribution in [0.3, 0.4) is 0 Å². The summed E-state index contributed by atoms with van der Waals surface area (Å²) in [5.41, 5.74) is 0.416. The Morgan fingerprint density at radius 3 is 2.81 bits per heavy atom. The first-order chi connectivity index (χ1) is 13.1. The Bertz CT molecular complexity index is 816. The Morgan fingerprint density at radius 1 is 1.19 bits per heavy atom. The van der Waals surface area contributed by atoms with Gasteiger partial charge < -0.3 is 10.2 Å². The van der Waals surface area contributed by atoms with E-state index in [0.29, 0.717) is 25.1 Å². The van der Waals surface area contributed by atoms with Crippen LogP contribution in [0.5, 0.6) is 0 Å². The number of carbonyl (C=O) groups is 1. The Hall–Kier alpha value is -2.51. The number of carbonyl (C=O) groups excluding carboxylic acids is 1. The summed E-state index contributed by atoms with van der Waals surface area (Å²) in [5.74, 6) is 0.288. The van der Waals surface area contributed by atoms with Gasteiger partial charge in [0.1, 0.15) is 23.8 Å². The number of aryl methyl sites for hydroxylation is 1. The van der Waals surface area contributed by atoms with E-state index < -0.39 is 5.82 Å². The second-order valence-electron chi connectivity index (χ2n) is 7.36. The molecule has 144 valence electrons. The summed E-state index contributed by atoms with van der Waals surface area (Å²) in [6, 6.07) is 3.39. The second kappa shape index (κ2) is 7.62. The summed E-state index contributed by atoms with van der Waals surface area (Å²) in [5, 5.41) is 7.24. The van der Waals surface area contributed by atoms with Gasteiger partial charge in [0, 0.05) is 19.6 Å². The molecule has 27 heavy (non-hydrogen) atoms. The monoisotopic (exact) mass is 375 g/mol. The van der Waals surface area contributed by atoms with Crippen molar-refractivity contribution in [3.05, 3.63) is 47.5 Å². The van der Waals surface area contributed by atoms with Crippen LogP contribution in [0.15, 0.2) is 24.5 Å². The Morgan fingerprint density at radius 2 is 2.00 bits per heavy atom. The fourth-order valence-electron chi connectivity index (χ4n) is 4.02. The number of piperidine rings is 1. The van der Waals surface area contributed by atoms with E-state index in [0.717, 1.165) is 44.1 Å². The highest BCUT2D eigenvalue weighted by Gasteiger charge is 2.28. The van der Waals surface area contributed by atoms with Crippen molar-refractivity contribution in [2.24, 2.45) is 5.92 Å². The third kappa shape index (κ3) is 3.94. The zero-order chi connectivity index (χ0) is 18.8. The maximum atomic E-state index is 13.8. The fourth-order valence-corrected chi connectivity index (χ4v) is 4.02. The molecule has 3 heterocycles. The van der Waals surface area contributed by atoms with E-state index in [2.05, 4.69) is 15.4 Å². The number of likely N-dealkylation sites (tertiary alicyclic amines) is 1. The van der Waals surface area contributed by atoms with Crippen molar-refractivity contribution < 1.29 is 13.6 Å². The average Bonchev–Trinajstić information content (AvgIpc) is 3.15. The fraction of sp³-hybridized carbons (Fsp3) is 0.526. The largest absolute Gasteiger partial charge is 0.328 e.